The summed E-state index contributed by atoms with van der Waals surface area (Å²) in [4.78, 5) is 16.9. The fourth-order valence-corrected chi connectivity index (χ4v) is 3.78. The number of rotatable bonds is 3. The van der Waals surface area contributed by atoms with Gasteiger partial charge in [0.25, 0.3) is 0 Å². The summed E-state index contributed by atoms with van der Waals surface area (Å²) in [6.45, 7) is 5.30. The lowest BCUT2D eigenvalue weighted by Crippen LogP contribution is -2.50. The first-order chi connectivity index (χ1) is 10.6. The number of anilines is 1. The van der Waals surface area contributed by atoms with Crippen LogP contribution in [-0.4, -0.2) is 37.0 Å². The molecule has 1 saturated carbocycles. The molecule has 1 atom stereocenters. The van der Waals surface area contributed by atoms with E-state index in [4.69, 9.17) is 0 Å². The molecule has 1 heterocycles. The predicted octanol–water partition coefficient (Wildman–Crippen LogP) is 3.30. The molecule has 1 saturated heterocycles. The van der Waals surface area contributed by atoms with E-state index in [0.717, 1.165) is 31.9 Å². The smallest absolute Gasteiger partial charge is 0.225 e. The third-order valence-electron chi connectivity index (χ3n) is 5.28. The Morgan fingerprint density at radius 1 is 1.09 bits per heavy atom. The molecule has 1 amide bonds. The van der Waals surface area contributed by atoms with Gasteiger partial charge in [0.1, 0.15) is 5.82 Å². The molecule has 3 rings (SSSR count). The molecule has 0 N–H and O–H groups in total. The number of nitrogens with zero attached hydrogens (tertiary/aromatic N) is 2. The molecule has 3 nitrogen and oxygen atoms in total. The Kier molecular flexibility index (Phi) is 4.65. The molecule has 0 radical (unpaired) electrons. The van der Waals surface area contributed by atoms with Crippen molar-refractivity contribution >= 4 is 11.6 Å². The largest absolute Gasteiger partial charge is 0.368 e. The Hall–Kier alpha value is -1.58. The first kappa shape index (κ1) is 15.3. The fraction of sp³-hybridized carbons (Fsp3) is 0.611. The van der Waals surface area contributed by atoms with Crippen LogP contribution >= 0.6 is 0 Å². The van der Waals surface area contributed by atoms with Crippen LogP contribution in [-0.2, 0) is 4.79 Å². The Morgan fingerprint density at radius 2 is 1.68 bits per heavy atom. The van der Waals surface area contributed by atoms with Crippen molar-refractivity contribution in [3.63, 3.8) is 0 Å². The SMILES string of the molecule is CC(C(=O)N1CCN(c2ccc(F)cc2)CC1)C1CCCC1. The fourth-order valence-electron chi connectivity index (χ4n) is 3.78. The highest BCUT2D eigenvalue weighted by atomic mass is 19.1. The number of piperazine rings is 1. The van der Waals surface area contributed by atoms with Crippen molar-refractivity contribution in [3.8, 4) is 0 Å². The van der Waals surface area contributed by atoms with E-state index in [1.54, 1.807) is 0 Å². The number of carbonyl (C=O) groups is 1. The predicted molar refractivity (Wildman–Crippen MR) is 86.3 cm³/mol. The second kappa shape index (κ2) is 6.67. The van der Waals surface area contributed by atoms with Gasteiger partial charge in [0.15, 0.2) is 0 Å². The van der Waals surface area contributed by atoms with E-state index in [0.29, 0.717) is 11.8 Å². The van der Waals surface area contributed by atoms with Crippen LogP contribution in [0.5, 0.6) is 0 Å². The van der Waals surface area contributed by atoms with Gasteiger partial charge in [-0.3, -0.25) is 4.79 Å². The van der Waals surface area contributed by atoms with Crippen molar-refractivity contribution in [2.75, 3.05) is 31.1 Å². The standard InChI is InChI=1S/C18H25FN2O/c1-14(15-4-2-3-5-15)18(22)21-12-10-20(11-13-21)17-8-6-16(19)7-9-17/h6-9,14-15H,2-5,10-13H2,1H3. The topological polar surface area (TPSA) is 23.6 Å². The summed E-state index contributed by atoms with van der Waals surface area (Å²) in [6.07, 6.45) is 4.98. The molecule has 120 valence electrons. The van der Waals surface area contributed by atoms with Crippen molar-refractivity contribution < 1.29 is 9.18 Å². The molecule has 1 unspecified atom stereocenters. The normalized spacial score (nSPS) is 21.2. The summed E-state index contributed by atoms with van der Waals surface area (Å²) >= 11 is 0. The molecule has 2 aliphatic rings. The van der Waals surface area contributed by atoms with Crippen LogP contribution in [0.2, 0.25) is 0 Å². The Balaban J connectivity index is 1.54. The summed E-state index contributed by atoms with van der Waals surface area (Å²) in [7, 11) is 0. The van der Waals surface area contributed by atoms with Crippen LogP contribution in [0.25, 0.3) is 0 Å². The maximum Gasteiger partial charge on any atom is 0.225 e. The van der Waals surface area contributed by atoms with Gasteiger partial charge in [-0.25, -0.2) is 4.39 Å². The van der Waals surface area contributed by atoms with E-state index in [9.17, 15) is 9.18 Å². The molecule has 0 bridgehead atoms. The highest BCUT2D eigenvalue weighted by Crippen LogP contribution is 2.32. The van der Waals surface area contributed by atoms with Crippen molar-refractivity contribution in [2.45, 2.75) is 32.6 Å². The second-order valence-electron chi connectivity index (χ2n) is 6.62. The highest BCUT2D eigenvalue weighted by molar-refractivity contribution is 5.79. The zero-order chi connectivity index (χ0) is 15.5. The van der Waals surface area contributed by atoms with Crippen LogP contribution in [0.3, 0.4) is 0 Å². The zero-order valence-corrected chi connectivity index (χ0v) is 13.3. The third kappa shape index (κ3) is 3.26. The molecular formula is C18H25FN2O. The van der Waals surface area contributed by atoms with Gasteiger partial charge in [-0.2, -0.15) is 0 Å². The van der Waals surface area contributed by atoms with Crippen molar-refractivity contribution in [2.24, 2.45) is 11.8 Å². The first-order valence-electron chi connectivity index (χ1n) is 8.44. The van der Waals surface area contributed by atoms with Gasteiger partial charge < -0.3 is 9.80 Å². The van der Waals surface area contributed by atoms with Gasteiger partial charge in [0, 0.05) is 37.8 Å². The average molecular weight is 304 g/mol. The third-order valence-corrected chi connectivity index (χ3v) is 5.28. The van der Waals surface area contributed by atoms with Gasteiger partial charge in [-0.05, 0) is 43.0 Å². The summed E-state index contributed by atoms with van der Waals surface area (Å²) in [5.74, 6) is 0.871. The lowest BCUT2D eigenvalue weighted by atomic mass is 9.91. The molecule has 0 spiro atoms. The molecule has 1 aliphatic carbocycles. The maximum absolute atomic E-state index is 13.0. The van der Waals surface area contributed by atoms with Crippen molar-refractivity contribution in [1.82, 2.24) is 4.90 Å². The summed E-state index contributed by atoms with van der Waals surface area (Å²) in [5, 5.41) is 0. The van der Waals surface area contributed by atoms with E-state index in [1.807, 2.05) is 17.0 Å². The van der Waals surface area contributed by atoms with Crippen LogP contribution in [0.1, 0.15) is 32.6 Å². The highest BCUT2D eigenvalue weighted by Gasteiger charge is 2.31. The molecule has 1 aliphatic heterocycles. The number of amides is 1. The molecule has 22 heavy (non-hydrogen) atoms. The van der Waals surface area contributed by atoms with Crippen LogP contribution < -0.4 is 4.90 Å². The first-order valence-corrected chi connectivity index (χ1v) is 8.44. The van der Waals surface area contributed by atoms with Gasteiger partial charge >= 0.3 is 0 Å². The van der Waals surface area contributed by atoms with Crippen molar-refractivity contribution in [1.29, 1.82) is 0 Å². The summed E-state index contributed by atoms with van der Waals surface area (Å²) in [5.41, 5.74) is 1.04. The lowest BCUT2D eigenvalue weighted by molar-refractivity contribution is -0.137. The van der Waals surface area contributed by atoms with E-state index >= 15 is 0 Å². The number of hydrogen-bond donors (Lipinski definition) is 0. The Morgan fingerprint density at radius 3 is 2.27 bits per heavy atom. The molecular weight excluding hydrogens is 279 g/mol. The van der Waals surface area contributed by atoms with Crippen LogP contribution in [0.4, 0.5) is 10.1 Å². The molecule has 1 aromatic carbocycles. The van der Waals surface area contributed by atoms with Crippen molar-refractivity contribution in [3.05, 3.63) is 30.1 Å². The minimum Gasteiger partial charge on any atom is -0.368 e. The second-order valence-corrected chi connectivity index (χ2v) is 6.62. The maximum atomic E-state index is 13.0. The molecule has 4 heteroatoms. The lowest BCUT2D eigenvalue weighted by Gasteiger charge is -2.38. The van der Waals surface area contributed by atoms with Crippen LogP contribution in [0.15, 0.2) is 24.3 Å². The molecule has 2 fully saturated rings. The van der Waals surface area contributed by atoms with E-state index < -0.39 is 0 Å². The van der Waals surface area contributed by atoms with Gasteiger partial charge in [-0.1, -0.05) is 19.8 Å². The van der Waals surface area contributed by atoms with E-state index in [1.165, 1.54) is 37.8 Å². The minimum atomic E-state index is -0.206. The Labute approximate surface area is 132 Å². The van der Waals surface area contributed by atoms with E-state index in [2.05, 4.69) is 11.8 Å². The molecule has 1 aromatic rings. The van der Waals surface area contributed by atoms with Gasteiger partial charge in [0.05, 0.1) is 0 Å². The van der Waals surface area contributed by atoms with Gasteiger partial charge in [-0.15, -0.1) is 0 Å². The minimum absolute atomic E-state index is 0.167. The number of benzene rings is 1. The Bertz CT molecular complexity index is 502. The number of halogens is 1. The average Bonchev–Trinajstić information content (AvgIpc) is 3.09. The monoisotopic (exact) mass is 304 g/mol. The number of hydrogen-bond acceptors (Lipinski definition) is 2. The van der Waals surface area contributed by atoms with E-state index in [-0.39, 0.29) is 11.7 Å². The zero-order valence-electron chi connectivity index (χ0n) is 13.3. The number of carbonyl (C=O) groups excluding carboxylic acids is 1. The van der Waals surface area contributed by atoms with Gasteiger partial charge in [0.2, 0.25) is 5.91 Å². The summed E-state index contributed by atoms with van der Waals surface area (Å²) < 4.78 is 13.0. The van der Waals surface area contributed by atoms with Crippen LogP contribution in [0, 0.1) is 17.7 Å². The molecule has 0 aromatic heterocycles. The quantitative estimate of drug-likeness (QED) is 0.855. The summed E-state index contributed by atoms with van der Waals surface area (Å²) in [6, 6.07) is 6.62.